The Balaban J connectivity index is 2.69. The molecular formula is C11H14N2O4. The van der Waals surface area contributed by atoms with Gasteiger partial charge in [0.25, 0.3) is 0 Å². The van der Waals surface area contributed by atoms with Crippen molar-refractivity contribution in [2.75, 3.05) is 26.7 Å². The highest BCUT2D eigenvalue weighted by molar-refractivity contribution is 5.90. The average molecular weight is 238 g/mol. The van der Waals surface area contributed by atoms with Crippen molar-refractivity contribution in [1.29, 1.82) is 0 Å². The number of amides is 2. The van der Waals surface area contributed by atoms with E-state index in [-0.39, 0.29) is 24.8 Å². The van der Waals surface area contributed by atoms with Gasteiger partial charge in [-0.1, -0.05) is 5.92 Å². The van der Waals surface area contributed by atoms with Crippen LogP contribution in [0.4, 0.5) is 0 Å². The molecule has 1 aliphatic rings. The predicted octanol–water partition coefficient (Wildman–Crippen LogP) is -0.989. The molecule has 1 aliphatic heterocycles. The minimum Gasteiger partial charge on any atom is -0.480 e. The van der Waals surface area contributed by atoms with Crippen LogP contribution in [0.25, 0.3) is 0 Å². The Hall–Kier alpha value is -2.03. The van der Waals surface area contributed by atoms with Crippen LogP contribution >= 0.6 is 0 Å². The van der Waals surface area contributed by atoms with Crippen molar-refractivity contribution in [3.63, 3.8) is 0 Å². The van der Waals surface area contributed by atoms with Crippen molar-refractivity contribution >= 4 is 17.8 Å². The first-order valence-corrected chi connectivity index (χ1v) is 5.13. The number of carbonyl (C=O) groups is 3. The molecule has 1 saturated heterocycles. The van der Waals surface area contributed by atoms with Gasteiger partial charge < -0.3 is 14.9 Å². The summed E-state index contributed by atoms with van der Waals surface area (Å²) >= 11 is 0. The number of aliphatic carboxylic acids is 1. The molecule has 0 aromatic rings. The number of likely N-dealkylation sites (tertiary alicyclic amines) is 1. The van der Waals surface area contributed by atoms with E-state index in [0.29, 0.717) is 6.54 Å². The molecular weight excluding hydrogens is 224 g/mol. The molecule has 0 aromatic heterocycles. The fraction of sp³-hybridized carbons (Fsp3) is 0.545. The normalized spacial score (nSPS) is 18.9. The summed E-state index contributed by atoms with van der Waals surface area (Å²) in [6, 6.07) is 0. The fourth-order valence-corrected chi connectivity index (χ4v) is 1.77. The average Bonchev–Trinajstić information content (AvgIpc) is 2.57. The van der Waals surface area contributed by atoms with Gasteiger partial charge in [0.1, 0.15) is 6.54 Å². The van der Waals surface area contributed by atoms with Gasteiger partial charge in [-0.15, -0.1) is 6.42 Å². The standard InChI is InChI=1S/C11H14N2O4/c1-3-4-13(7-10(15)16)11(17)8-5-9(14)12(2)6-8/h1,8H,4-7H2,2H3,(H,15,16). The third kappa shape index (κ3) is 3.21. The molecule has 1 N–H and O–H groups in total. The predicted molar refractivity (Wildman–Crippen MR) is 58.8 cm³/mol. The van der Waals surface area contributed by atoms with Crippen molar-refractivity contribution < 1.29 is 19.5 Å². The number of carboxylic acid groups (broad SMARTS) is 1. The van der Waals surface area contributed by atoms with Crippen LogP contribution in [0, 0.1) is 18.3 Å². The van der Waals surface area contributed by atoms with Gasteiger partial charge in [0.2, 0.25) is 11.8 Å². The molecule has 0 bridgehead atoms. The molecule has 1 unspecified atom stereocenters. The van der Waals surface area contributed by atoms with Gasteiger partial charge in [-0.05, 0) is 0 Å². The molecule has 92 valence electrons. The molecule has 17 heavy (non-hydrogen) atoms. The second kappa shape index (κ2) is 5.34. The van der Waals surface area contributed by atoms with Crippen molar-refractivity contribution in [1.82, 2.24) is 9.80 Å². The van der Waals surface area contributed by atoms with Crippen LogP contribution in [0.3, 0.4) is 0 Å². The minimum absolute atomic E-state index is 0.0560. The lowest BCUT2D eigenvalue weighted by atomic mass is 10.1. The first-order valence-electron chi connectivity index (χ1n) is 5.13. The largest absolute Gasteiger partial charge is 0.480 e. The zero-order valence-electron chi connectivity index (χ0n) is 9.55. The van der Waals surface area contributed by atoms with Gasteiger partial charge in [0.05, 0.1) is 12.5 Å². The molecule has 0 aromatic carbocycles. The quantitative estimate of drug-likeness (QED) is 0.638. The molecule has 0 aliphatic carbocycles. The maximum atomic E-state index is 12.0. The van der Waals surface area contributed by atoms with Crippen LogP contribution < -0.4 is 0 Å². The molecule has 1 fully saturated rings. The number of carbonyl (C=O) groups excluding carboxylic acids is 2. The lowest BCUT2D eigenvalue weighted by Gasteiger charge is -2.21. The van der Waals surface area contributed by atoms with E-state index in [0.717, 1.165) is 4.90 Å². The highest BCUT2D eigenvalue weighted by Crippen LogP contribution is 2.18. The molecule has 0 spiro atoms. The monoisotopic (exact) mass is 238 g/mol. The van der Waals surface area contributed by atoms with Gasteiger partial charge in [0.15, 0.2) is 0 Å². The molecule has 1 rings (SSSR count). The molecule has 0 saturated carbocycles. The van der Waals surface area contributed by atoms with E-state index >= 15 is 0 Å². The van der Waals surface area contributed by atoms with Gasteiger partial charge >= 0.3 is 5.97 Å². The summed E-state index contributed by atoms with van der Waals surface area (Å²) in [5.74, 6) is 0.154. The summed E-state index contributed by atoms with van der Waals surface area (Å²) in [6.45, 7) is -0.171. The summed E-state index contributed by atoms with van der Waals surface area (Å²) in [5, 5.41) is 8.67. The van der Waals surface area contributed by atoms with E-state index in [2.05, 4.69) is 5.92 Å². The van der Waals surface area contributed by atoms with Gasteiger partial charge in [-0.2, -0.15) is 0 Å². The Labute approximate surface area is 99.2 Å². The van der Waals surface area contributed by atoms with E-state index in [9.17, 15) is 14.4 Å². The summed E-state index contributed by atoms with van der Waals surface area (Å²) < 4.78 is 0. The van der Waals surface area contributed by atoms with Crippen molar-refractivity contribution in [2.24, 2.45) is 5.92 Å². The van der Waals surface area contributed by atoms with Crippen molar-refractivity contribution in [3.05, 3.63) is 0 Å². The maximum absolute atomic E-state index is 12.0. The summed E-state index contributed by atoms with van der Waals surface area (Å²) in [4.78, 5) is 36.4. The molecule has 0 radical (unpaired) electrons. The summed E-state index contributed by atoms with van der Waals surface area (Å²) in [7, 11) is 1.61. The lowest BCUT2D eigenvalue weighted by molar-refractivity contribution is -0.145. The third-order valence-corrected chi connectivity index (χ3v) is 2.61. The van der Waals surface area contributed by atoms with E-state index in [4.69, 9.17) is 11.5 Å². The second-order valence-corrected chi connectivity index (χ2v) is 3.97. The number of hydrogen-bond donors (Lipinski definition) is 1. The van der Waals surface area contributed by atoms with Gasteiger partial charge in [-0.25, -0.2) is 0 Å². The molecule has 1 heterocycles. The Morgan fingerprint density at radius 2 is 2.29 bits per heavy atom. The van der Waals surface area contributed by atoms with Gasteiger partial charge in [0, 0.05) is 20.0 Å². The molecule has 2 amide bonds. The van der Waals surface area contributed by atoms with Crippen LogP contribution in [-0.4, -0.2) is 59.4 Å². The first kappa shape index (κ1) is 13.0. The van der Waals surface area contributed by atoms with Crippen molar-refractivity contribution in [3.8, 4) is 12.3 Å². The number of hydrogen-bond acceptors (Lipinski definition) is 3. The zero-order chi connectivity index (χ0) is 13.0. The van der Waals surface area contributed by atoms with Crippen LogP contribution in [0.15, 0.2) is 0 Å². The van der Waals surface area contributed by atoms with Crippen LogP contribution in [0.2, 0.25) is 0 Å². The fourth-order valence-electron chi connectivity index (χ4n) is 1.77. The van der Waals surface area contributed by atoms with Crippen LogP contribution in [0.5, 0.6) is 0 Å². The second-order valence-electron chi connectivity index (χ2n) is 3.97. The third-order valence-electron chi connectivity index (χ3n) is 2.61. The van der Waals surface area contributed by atoms with Crippen molar-refractivity contribution in [2.45, 2.75) is 6.42 Å². The maximum Gasteiger partial charge on any atom is 0.323 e. The molecule has 1 atom stereocenters. The number of nitrogens with zero attached hydrogens (tertiary/aromatic N) is 2. The number of carboxylic acids is 1. The van der Waals surface area contributed by atoms with E-state index in [1.54, 1.807) is 7.05 Å². The molecule has 6 heteroatoms. The topological polar surface area (TPSA) is 77.9 Å². The SMILES string of the molecule is C#CCN(CC(=O)O)C(=O)C1CC(=O)N(C)C1. The number of rotatable bonds is 4. The highest BCUT2D eigenvalue weighted by atomic mass is 16.4. The van der Waals surface area contributed by atoms with Crippen LogP contribution in [0.1, 0.15) is 6.42 Å². The van der Waals surface area contributed by atoms with E-state index in [1.165, 1.54) is 4.90 Å². The Kier molecular flexibility index (Phi) is 4.10. The zero-order valence-corrected chi connectivity index (χ0v) is 9.55. The number of terminal acetylenes is 1. The smallest absolute Gasteiger partial charge is 0.323 e. The summed E-state index contributed by atoms with van der Waals surface area (Å²) in [5.41, 5.74) is 0. The van der Waals surface area contributed by atoms with E-state index in [1.807, 2.05) is 0 Å². The molecule has 6 nitrogen and oxygen atoms in total. The lowest BCUT2D eigenvalue weighted by Crippen LogP contribution is -2.40. The van der Waals surface area contributed by atoms with Gasteiger partial charge in [-0.3, -0.25) is 14.4 Å². The summed E-state index contributed by atoms with van der Waals surface area (Å²) in [6.07, 6.45) is 5.20. The highest BCUT2D eigenvalue weighted by Gasteiger charge is 2.34. The minimum atomic E-state index is -1.12. The Morgan fingerprint density at radius 1 is 1.65 bits per heavy atom. The Bertz CT molecular complexity index is 385. The first-order chi connectivity index (χ1) is 7.95. The van der Waals surface area contributed by atoms with Crippen LogP contribution in [-0.2, 0) is 14.4 Å². The van der Waals surface area contributed by atoms with E-state index < -0.39 is 18.4 Å². The Morgan fingerprint density at radius 3 is 2.71 bits per heavy atom.